The number of nitrogens with one attached hydrogen (secondary N) is 2. The van der Waals surface area contributed by atoms with Crippen molar-refractivity contribution >= 4 is 10.0 Å². The van der Waals surface area contributed by atoms with Gasteiger partial charge in [0, 0.05) is 12.4 Å². The molecule has 1 aromatic carbocycles. The lowest BCUT2D eigenvalue weighted by Gasteiger charge is -2.14. The van der Waals surface area contributed by atoms with Gasteiger partial charge in [0.15, 0.2) is 0 Å². The molecule has 0 bridgehead atoms. The molecule has 1 heterocycles. The maximum atomic E-state index is 12.8. The number of aromatic nitrogens is 2. The van der Waals surface area contributed by atoms with E-state index in [0.717, 1.165) is 25.1 Å². The van der Waals surface area contributed by atoms with Gasteiger partial charge < -0.3 is 4.98 Å². The number of nitrogens with zero attached hydrogens (tertiary/aromatic N) is 1. The Morgan fingerprint density at radius 3 is 2.62 bits per heavy atom. The monoisotopic (exact) mass is 319 g/mol. The molecule has 0 aliphatic heterocycles. The van der Waals surface area contributed by atoms with Crippen LogP contribution >= 0.6 is 0 Å². The minimum atomic E-state index is -4.60. The van der Waals surface area contributed by atoms with Crippen molar-refractivity contribution in [2.45, 2.75) is 24.5 Å². The van der Waals surface area contributed by atoms with Gasteiger partial charge in [0.05, 0.1) is 17.0 Å². The highest BCUT2D eigenvalue weighted by molar-refractivity contribution is 7.89. The third-order valence-corrected chi connectivity index (χ3v) is 4.41. The second-order valence-electron chi connectivity index (χ2n) is 4.29. The molecule has 2 N–H and O–H groups in total. The summed E-state index contributed by atoms with van der Waals surface area (Å²) in [6.45, 7) is 0.995. The van der Waals surface area contributed by atoms with Crippen LogP contribution in [0.1, 0.15) is 17.0 Å². The first-order chi connectivity index (χ1) is 9.72. The first-order valence-electron chi connectivity index (χ1n) is 5.86. The number of halogens is 3. The van der Waals surface area contributed by atoms with E-state index in [4.69, 9.17) is 0 Å². The van der Waals surface area contributed by atoms with E-state index in [9.17, 15) is 21.6 Å². The van der Waals surface area contributed by atoms with Crippen molar-refractivity contribution in [1.29, 1.82) is 0 Å². The number of H-pyrrole nitrogens is 1. The van der Waals surface area contributed by atoms with Gasteiger partial charge in [0.1, 0.15) is 5.82 Å². The largest absolute Gasteiger partial charge is 0.416 e. The first kappa shape index (κ1) is 15.5. The summed E-state index contributed by atoms with van der Waals surface area (Å²) in [7, 11) is -4.06. The van der Waals surface area contributed by atoms with Crippen molar-refractivity contribution in [3.05, 3.63) is 47.5 Å². The molecule has 0 spiro atoms. The molecule has 0 radical (unpaired) electrons. The Labute approximate surface area is 119 Å². The van der Waals surface area contributed by atoms with E-state index in [1.54, 1.807) is 0 Å². The van der Waals surface area contributed by atoms with E-state index in [2.05, 4.69) is 14.7 Å². The summed E-state index contributed by atoms with van der Waals surface area (Å²) >= 11 is 0. The molecule has 0 saturated carbocycles. The van der Waals surface area contributed by atoms with Gasteiger partial charge in [-0.15, -0.1) is 0 Å². The summed E-state index contributed by atoms with van der Waals surface area (Å²) in [6.07, 6.45) is -1.64. The molecular formula is C12H12F3N3O2S. The molecule has 0 unspecified atom stereocenters. The van der Waals surface area contributed by atoms with E-state index in [0.29, 0.717) is 5.82 Å². The first-order valence-corrected chi connectivity index (χ1v) is 7.35. The molecule has 0 saturated heterocycles. The highest BCUT2D eigenvalue weighted by Crippen LogP contribution is 2.34. The molecule has 0 aliphatic rings. The number of benzene rings is 1. The van der Waals surface area contributed by atoms with Crippen LogP contribution in [0.3, 0.4) is 0 Å². The van der Waals surface area contributed by atoms with E-state index in [1.165, 1.54) is 12.4 Å². The van der Waals surface area contributed by atoms with E-state index >= 15 is 0 Å². The Morgan fingerprint density at radius 1 is 1.33 bits per heavy atom. The maximum Gasteiger partial charge on any atom is 0.416 e. The Bertz CT molecular complexity index is 725. The summed E-state index contributed by atoms with van der Waals surface area (Å²) < 4.78 is 64.8. The second kappa shape index (κ2) is 5.49. The zero-order valence-corrected chi connectivity index (χ0v) is 11.7. The molecule has 5 nitrogen and oxygen atoms in total. The van der Waals surface area contributed by atoms with Gasteiger partial charge in [-0.1, -0.05) is 6.07 Å². The van der Waals surface area contributed by atoms with Crippen LogP contribution in [0.25, 0.3) is 0 Å². The SMILES string of the molecule is Cc1c(C(F)(F)F)cccc1S(=O)(=O)NCc1ncc[nH]1. The quantitative estimate of drug-likeness (QED) is 0.907. The summed E-state index contributed by atoms with van der Waals surface area (Å²) in [5, 5.41) is 0. The van der Waals surface area contributed by atoms with Gasteiger partial charge in [0.2, 0.25) is 10.0 Å². The van der Waals surface area contributed by atoms with Crippen LogP contribution in [-0.4, -0.2) is 18.4 Å². The lowest BCUT2D eigenvalue weighted by molar-refractivity contribution is -0.138. The highest BCUT2D eigenvalue weighted by Gasteiger charge is 2.34. The van der Waals surface area contributed by atoms with Crippen molar-refractivity contribution in [1.82, 2.24) is 14.7 Å². The predicted octanol–water partition coefficient (Wildman–Crippen LogP) is 2.22. The second-order valence-corrected chi connectivity index (χ2v) is 6.02. The van der Waals surface area contributed by atoms with Gasteiger partial charge in [-0.05, 0) is 24.6 Å². The number of imidazole rings is 1. The number of rotatable bonds is 4. The minimum Gasteiger partial charge on any atom is -0.347 e. The molecule has 0 fully saturated rings. The van der Waals surface area contributed by atoms with Crippen LogP contribution < -0.4 is 4.72 Å². The standard InChI is InChI=1S/C12H12F3N3O2S/c1-8-9(12(13,14)15)3-2-4-10(8)21(19,20)18-7-11-16-5-6-17-11/h2-6,18H,7H2,1H3,(H,16,17). The summed E-state index contributed by atoms with van der Waals surface area (Å²) in [5.41, 5.74) is -1.31. The molecular weight excluding hydrogens is 307 g/mol. The minimum absolute atomic E-state index is 0.134. The zero-order valence-electron chi connectivity index (χ0n) is 10.9. The average Bonchev–Trinajstić information content (AvgIpc) is 2.88. The van der Waals surface area contributed by atoms with E-state index in [1.807, 2.05) is 0 Å². The number of hydrogen-bond acceptors (Lipinski definition) is 3. The molecule has 0 aliphatic carbocycles. The van der Waals surface area contributed by atoms with Crippen LogP contribution in [0.5, 0.6) is 0 Å². The maximum absolute atomic E-state index is 12.8. The van der Waals surface area contributed by atoms with Crippen molar-refractivity contribution in [3.8, 4) is 0 Å². The third kappa shape index (κ3) is 3.42. The molecule has 0 atom stereocenters. The molecule has 2 rings (SSSR count). The summed E-state index contributed by atoms with van der Waals surface area (Å²) in [4.78, 5) is 6.12. The molecule has 9 heteroatoms. The van der Waals surface area contributed by atoms with Crippen molar-refractivity contribution in [2.24, 2.45) is 0 Å². The van der Waals surface area contributed by atoms with Crippen molar-refractivity contribution in [2.75, 3.05) is 0 Å². The highest BCUT2D eigenvalue weighted by atomic mass is 32.2. The van der Waals surface area contributed by atoms with Gasteiger partial charge in [-0.25, -0.2) is 18.1 Å². The molecule has 2 aromatic rings. The number of sulfonamides is 1. The Hall–Kier alpha value is -1.87. The number of alkyl halides is 3. The molecule has 1 aromatic heterocycles. The van der Waals surface area contributed by atoms with Crippen molar-refractivity contribution in [3.63, 3.8) is 0 Å². The van der Waals surface area contributed by atoms with Crippen LogP contribution in [0.15, 0.2) is 35.5 Å². The van der Waals surface area contributed by atoms with E-state index < -0.39 is 26.7 Å². The Morgan fingerprint density at radius 2 is 2.05 bits per heavy atom. The van der Waals surface area contributed by atoms with E-state index in [-0.39, 0.29) is 12.1 Å². The van der Waals surface area contributed by atoms with Gasteiger partial charge >= 0.3 is 6.18 Å². The van der Waals surface area contributed by atoms with Crippen LogP contribution in [0.2, 0.25) is 0 Å². The third-order valence-electron chi connectivity index (χ3n) is 2.86. The molecule has 21 heavy (non-hydrogen) atoms. The van der Waals surface area contributed by atoms with Crippen LogP contribution in [0, 0.1) is 6.92 Å². The van der Waals surface area contributed by atoms with Gasteiger partial charge in [0.25, 0.3) is 0 Å². The number of hydrogen-bond donors (Lipinski definition) is 2. The lowest BCUT2D eigenvalue weighted by Crippen LogP contribution is -2.25. The fourth-order valence-corrected chi connectivity index (χ4v) is 3.10. The Kier molecular flexibility index (Phi) is 4.06. The van der Waals surface area contributed by atoms with Gasteiger partial charge in [-0.2, -0.15) is 13.2 Å². The fraction of sp³-hybridized carbons (Fsp3) is 0.250. The smallest absolute Gasteiger partial charge is 0.347 e. The molecule has 0 amide bonds. The van der Waals surface area contributed by atoms with Crippen molar-refractivity contribution < 1.29 is 21.6 Å². The zero-order chi connectivity index (χ0) is 15.7. The average molecular weight is 319 g/mol. The lowest BCUT2D eigenvalue weighted by atomic mass is 10.1. The summed E-state index contributed by atoms with van der Waals surface area (Å²) in [6, 6.07) is 3.05. The normalized spacial score (nSPS) is 12.6. The number of aromatic amines is 1. The van der Waals surface area contributed by atoms with Crippen LogP contribution in [-0.2, 0) is 22.7 Å². The topological polar surface area (TPSA) is 74.8 Å². The fourth-order valence-electron chi connectivity index (χ4n) is 1.85. The van der Waals surface area contributed by atoms with Gasteiger partial charge in [-0.3, -0.25) is 0 Å². The predicted molar refractivity (Wildman–Crippen MR) is 68.8 cm³/mol. The Balaban J connectivity index is 2.32. The molecule has 114 valence electrons. The summed E-state index contributed by atoms with van der Waals surface area (Å²) in [5.74, 6) is 0.364. The van der Waals surface area contributed by atoms with Crippen LogP contribution in [0.4, 0.5) is 13.2 Å².